The molecule has 1 unspecified atom stereocenters. The van der Waals surface area contributed by atoms with Crippen LogP contribution in [0.25, 0.3) is 31.9 Å². The molecule has 0 aliphatic carbocycles. The van der Waals surface area contributed by atoms with E-state index in [4.69, 9.17) is 11.5 Å². The van der Waals surface area contributed by atoms with Gasteiger partial charge >= 0.3 is 0 Å². The number of nitrogens with zero attached hydrogens (tertiary/aromatic N) is 4. The van der Waals surface area contributed by atoms with Crippen molar-refractivity contribution in [1.82, 2.24) is 19.7 Å². The van der Waals surface area contributed by atoms with Crippen LogP contribution in [0.3, 0.4) is 0 Å². The lowest BCUT2D eigenvalue weighted by Crippen LogP contribution is -2.24. The van der Waals surface area contributed by atoms with E-state index in [1.807, 2.05) is 30.3 Å². The number of nitrogen functional groups attached to an aromatic ring is 1. The van der Waals surface area contributed by atoms with Crippen LogP contribution >= 0.6 is 11.3 Å². The maximum absolute atomic E-state index is 11.3. The number of hydrogen-bond donors (Lipinski definition) is 2. The lowest BCUT2D eigenvalue weighted by atomic mass is 10.1. The second kappa shape index (κ2) is 6.23. The van der Waals surface area contributed by atoms with Crippen LogP contribution in [0.4, 0.5) is 5.82 Å². The number of fused-ring (bicyclic) bond motifs is 1. The fraction of sp³-hybridized carbons (Fsp3) is 0.111. The summed E-state index contributed by atoms with van der Waals surface area (Å²) in [5.74, 6) is -0.0176. The number of benzene rings is 1. The number of para-hydroxylation sites is 1. The summed E-state index contributed by atoms with van der Waals surface area (Å²) in [7, 11) is 0. The van der Waals surface area contributed by atoms with Gasteiger partial charge in [0.25, 0.3) is 0 Å². The van der Waals surface area contributed by atoms with Gasteiger partial charge in [-0.05, 0) is 25.1 Å². The molecule has 0 aliphatic heterocycles. The van der Waals surface area contributed by atoms with E-state index >= 15 is 0 Å². The first-order chi connectivity index (χ1) is 12.5. The van der Waals surface area contributed by atoms with E-state index in [1.165, 1.54) is 4.68 Å². The molecule has 0 bridgehead atoms. The fourth-order valence-electron chi connectivity index (χ4n) is 2.62. The number of thiazole rings is 1. The second-order valence-electron chi connectivity index (χ2n) is 5.93. The Labute approximate surface area is 153 Å². The Bertz CT molecular complexity index is 1080. The number of rotatable bonds is 4. The minimum atomic E-state index is -0.519. The third kappa shape index (κ3) is 2.80. The van der Waals surface area contributed by atoms with Gasteiger partial charge in [-0.25, -0.2) is 9.97 Å². The van der Waals surface area contributed by atoms with Gasteiger partial charge in [-0.1, -0.05) is 12.1 Å². The van der Waals surface area contributed by atoms with Crippen molar-refractivity contribution in [3.8, 4) is 21.7 Å². The van der Waals surface area contributed by atoms with E-state index in [-0.39, 0.29) is 0 Å². The van der Waals surface area contributed by atoms with Gasteiger partial charge in [-0.3, -0.25) is 9.48 Å². The number of pyridine rings is 1. The molecule has 0 fully saturated rings. The highest BCUT2D eigenvalue weighted by atomic mass is 32.1. The summed E-state index contributed by atoms with van der Waals surface area (Å²) in [5, 5.41) is 5.03. The van der Waals surface area contributed by atoms with Crippen LogP contribution in [-0.2, 0) is 4.79 Å². The predicted octanol–water partition coefficient (Wildman–Crippen LogP) is 2.85. The minimum Gasteiger partial charge on any atom is -0.383 e. The molecule has 3 heterocycles. The molecule has 0 saturated heterocycles. The van der Waals surface area contributed by atoms with Gasteiger partial charge < -0.3 is 11.5 Å². The van der Waals surface area contributed by atoms with Crippen molar-refractivity contribution >= 4 is 33.3 Å². The van der Waals surface area contributed by atoms with Gasteiger partial charge in [-0.2, -0.15) is 5.10 Å². The smallest absolute Gasteiger partial charge is 0.241 e. The zero-order valence-electron chi connectivity index (χ0n) is 14.0. The van der Waals surface area contributed by atoms with E-state index < -0.39 is 11.9 Å². The molecule has 26 heavy (non-hydrogen) atoms. The summed E-state index contributed by atoms with van der Waals surface area (Å²) in [4.78, 5) is 20.3. The quantitative estimate of drug-likeness (QED) is 0.578. The van der Waals surface area contributed by atoms with Crippen molar-refractivity contribution in [1.29, 1.82) is 0 Å². The SMILES string of the molecule is CC(C(N)=O)n1cc(-c2cnc(N)c(-c3nc4ccccc4s3)c2)cn1. The molecule has 1 aromatic carbocycles. The number of carbonyl (C=O) groups is 1. The van der Waals surface area contributed by atoms with E-state index in [2.05, 4.69) is 15.1 Å². The van der Waals surface area contributed by atoms with E-state index in [0.29, 0.717) is 5.82 Å². The molecule has 0 spiro atoms. The molecular weight excluding hydrogens is 348 g/mol. The van der Waals surface area contributed by atoms with Gasteiger partial charge in [0.15, 0.2) is 0 Å². The standard InChI is InChI=1S/C18H16N6OS/c1-10(17(20)25)24-9-12(8-22-24)11-6-13(16(19)21-7-11)18-23-14-4-2-3-5-15(14)26-18/h2-10H,1H3,(H2,19,21)(H2,20,25). The first-order valence-electron chi connectivity index (χ1n) is 7.98. The minimum absolute atomic E-state index is 0.422. The maximum atomic E-state index is 11.3. The second-order valence-corrected chi connectivity index (χ2v) is 6.96. The molecule has 0 saturated carbocycles. The number of primary amides is 1. The summed E-state index contributed by atoms with van der Waals surface area (Å²) >= 11 is 1.57. The third-order valence-electron chi connectivity index (χ3n) is 4.19. The highest BCUT2D eigenvalue weighted by molar-refractivity contribution is 7.21. The average Bonchev–Trinajstić information content (AvgIpc) is 3.28. The first kappa shape index (κ1) is 16.2. The summed E-state index contributed by atoms with van der Waals surface area (Å²) < 4.78 is 2.63. The van der Waals surface area contributed by atoms with Crippen molar-refractivity contribution in [2.45, 2.75) is 13.0 Å². The lowest BCUT2D eigenvalue weighted by molar-refractivity contribution is -0.120. The molecule has 0 radical (unpaired) electrons. The van der Waals surface area contributed by atoms with Gasteiger partial charge in [0.1, 0.15) is 16.9 Å². The van der Waals surface area contributed by atoms with Gasteiger partial charge in [0.05, 0.1) is 22.0 Å². The van der Waals surface area contributed by atoms with Crippen LogP contribution in [0.2, 0.25) is 0 Å². The number of amides is 1. The summed E-state index contributed by atoms with van der Waals surface area (Å²) in [6.45, 7) is 1.70. The molecule has 3 aromatic heterocycles. The normalized spacial score (nSPS) is 12.3. The Morgan fingerprint density at radius 2 is 2.04 bits per heavy atom. The molecule has 130 valence electrons. The summed E-state index contributed by atoms with van der Waals surface area (Å²) in [5.41, 5.74) is 14.8. The van der Waals surface area contributed by atoms with E-state index in [1.54, 1.807) is 36.9 Å². The van der Waals surface area contributed by atoms with Crippen molar-refractivity contribution in [3.63, 3.8) is 0 Å². The van der Waals surface area contributed by atoms with Crippen LogP contribution in [0.5, 0.6) is 0 Å². The van der Waals surface area contributed by atoms with Gasteiger partial charge in [-0.15, -0.1) is 11.3 Å². The first-order valence-corrected chi connectivity index (χ1v) is 8.80. The predicted molar refractivity (Wildman–Crippen MR) is 102 cm³/mol. The van der Waals surface area contributed by atoms with Crippen LogP contribution in [-0.4, -0.2) is 25.7 Å². The van der Waals surface area contributed by atoms with Crippen LogP contribution < -0.4 is 11.5 Å². The topological polar surface area (TPSA) is 113 Å². The molecule has 4 rings (SSSR count). The Morgan fingerprint density at radius 3 is 2.81 bits per heavy atom. The van der Waals surface area contributed by atoms with Crippen LogP contribution in [0.15, 0.2) is 48.9 Å². The van der Waals surface area contributed by atoms with Gasteiger partial charge in [0, 0.05) is 23.5 Å². The van der Waals surface area contributed by atoms with Crippen molar-refractivity contribution in [2.75, 3.05) is 5.73 Å². The summed E-state index contributed by atoms with van der Waals surface area (Å²) in [6.07, 6.45) is 5.13. The number of hydrogen-bond acceptors (Lipinski definition) is 6. The van der Waals surface area contributed by atoms with E-state index in [9.17, 15) is 4.79 Å². The fourth-order valence-corrected chi connectivity index (χ4v) is 3.61. The summed E-state index contributed by atoms with van der Waals surface area (Å²) in [6, 6.07) is 9.36. The largest absolute Gasteiger partial charge is 0.383 e. The molecule has 1 amide bonds. The highest BCUT2D eigenvalue weighted by Gasteiger charge is 2.15. The zero-order valence-corrected chi connectivity index (χ0v) is 14.8. The average molecular weight is 364 g/mol. The maximum Gasteiger partial charge on any atom is 0.241 e. The Kier molecular flexibility index (Phi) is 3.89. The van der Waals surface area contributed by atoms with Crippen molar-refractivity contribution < 1.29 is 4.79 Å². The Hall–Kier alpha value is -3.26. The number of nitrogens with two attached hydrogens (primary N) is 2. The third-order valence-corrected chi connectivity index (χ3v) is 5.26. The molecule has 4 N–H and O–H groups in total. The molecule has 1 atom stereocenters. The van der Waals surface area contributed by atoms with Gasteiger partial charge in [0.2, 0.25) is 5.91 Å². The number of aromatic nitrogens is 4. The molecule has 7 nitrogen and oxygen atoms in total. The van der Waals surface area contributed by atoms with Crippen molar-refractivity contribution in [2.24, 2.45) is 5.73 Å². The van der Waals surface area contributed by atoms with E-state index in [0.717, 1.165) is 31.9 Å². The number of carbonyl (C=O) groups excluding carboxylic acids is 1. The van der Waals surface area contributed by atoms with Crippen molar-refractivity contribution in [3.05, 3.63) is 48.9 Å². The Balaban J connectivity index is 1.76. The monoisotopic (exact) mass is 364 g/mol. The van der Waals surface area contributed by atoms with Crippen LogP contribution in [0, 0.1) is 0 Å². The lowest BCUT2D eigenvalue weighted by Gasteiger charge is -2.07. The van der Waals surface area contributed by atoms with Crippen LogP contribution in [0.1, 0.15) is 13.0 Å². The Morgan fingerprint density at radius 1 is 1.23 bits per heavy atom. The molecule has 8 heteroatoms. The zero-order chi connectivity index (χ0) is 18.3. The molecule has 0 aliphatic rings. The number of anilines is 1. The highest BCUT2D eigenvalue weighted by Crippen LogP contribution is 2.34. The molecular formula is C18H16N6OS. The molecule has 4 aromatic rings.